The molecular formula is C20H23N3O3. The largest absolute Gasteiger partial charge is 0.350 e. The van der Waals surface area contributed by atoms with Gasteiger partial charge in [0.2, 0.25) is 11.8 Å². The lowest BCUT2D eigenvalue weighted by Gasteiger charge is -2.11. The summed E-state index contributed by atoms with van der Waals surface area (Å²) < 4.78 is 0. The molecule has 2 rings (SSSR count). The molecule has 0 saturated carbocycles. The van der Waals surface area contributed by atoms with Crippen LogP contribution in [0.15, 0.2) is 54.6 Å². The summed E-state index contributed by atoms with van der Waals surface area (Å²) in [5, 5.41) is 5.34. The average Bonchev–Trinajstić information content (AvgIpc) is 2.65. The molecule has 0 aliphatic heterocycles. The first-order chi connectivity index (χ1) is 12.5. The summed E-state index contributed by atoms with van der Waals surface area (Å²) in [6.07, 6.45) is 0.246. The van der Waals surface area contributed by atoms with Gasteiger partial charge in [0.25, 0.3) is 5.91 Å². The van der Waals surface area contributed by atoms with Crippen LogP contribution in [0.5, 0.6) is 0 Å². The van der Waals surface area contributed by atoms with E-state index in [9.17, 15) is 14.4 Å². The fraction of sp³-hybridized carbons (Fsp3) is 0.250. The van der Waals surface area contributed by atoms with Crippen molar-refractivity contribution in [1.29, 1.82) is 0 Å². The first-order valence-electron chi connectivity index (χ1n) is 8.33. The van der Waals surface area contributed by atoms with Gasteiger partial charge in [-0.1, -0.05) is 42.5 Å². The van der Waals surface area contributed by atoms with E-state index < -0.39 is 0 Å². The Kier molecular flexibility index (Phi) is 6.91. The standard InChI is InChI=1S/C20H23N3O3/c1-23(2)20(26)17-10-8-16(9-11-17)13-21-19(25)14-22-18(24)12-15-6-4-3-5-7-15/h3-11H,12-14H2,1-2H3,(H,21,25)(H,22,24). The highest BCUT2D eigenvalue weighted by Crippen LogP contribution is 2.06. The molecule has 0 unspecified atom stereocenters. The van der Waals surface area contributed by atoms with Crippen molar-refractivity contribution < 1.29 is 14.4 Å². The maximum Gasteiger partial charge on any atom is 0.253 e. The minimum Gasteiger partial charge on any atom is -0.350 e. The number of carbonyl (C=O) groups excluding carboxylic acids is 3. The van der Waals surface area contributed by atoms with E-state index in [1.54, 1.807) is 38.4 Å². The van der Waals surface area contributed by atoms with Crippen molar-refractivity contribution in [3.05, 3.63) is 71.3 Å². The van der Waals surface area contributed by atoms with E-state index in [0.717, 1.165) is 11.1 Å². The van der Waals surface area contributed by atoms with Crippen molar-refractivity contribution in [2.24, 2.45) is 0 Å². The van der Waals surface area contributed by atoms with Crippen molar-refractivity contribution in [3.63, 3.8) is 0 Å². The van der Waals surface area contributed by atoms with Gasteiger partial charge in [-0.25, -0.2) is 0 Å². The Balaban J connectivity index is 1.73. The van der Waals surface area contributed by atoms with Crippen molar-refractivity contribution in [2.45, 2.75) is 13.0 Å². The highest BCUT2D eigenvalue weighted by Gasteiger charge is 2.08. The summed E-state index contributed by atoms with van der Waals surface area (Å²) in [4.78, 5) is 37.0. The van der Waals surface area contributed by atoms with Crippen molar-refractivity contribution in [1.82, 2.24) is 15.5 Å². The number of carbonyl (C=O) groups is 3. The van der Waals surface area contributed by atoms with Gasteiger partial charge in [-0.3, -0.25) is 14.4 Å². The number of rotatable bonds is 7. The molecule has 0 aliphatic carbocycles. The van der Waals surface area contributed by atoms with E-state index in [0.29, 0.717) is 12.1 Å². The molecule has 0 atom stereocenters. The molecule has 2 aromatic carbocycles. The van der Waals surface area contributed by atoms with E-state index in [1.165, 1.54) is 4.90 Å². The van der Waals surface area contributed by atoms with Gasteiger partial charge in [0.1, 0.15) is 0 Å². The van der Waals surface area contributed by atoms with Crippen molar-refractivity contribution in [3.8, 4) is 0 Å². The Morgan fingerprint density at radius 3 is 2.08 bits per heavy atom. The molecule has 0 bridgehead atoms. The first kappa shape index (κ1) is 19.2. The van der Waals surface area contributed by atoms with Gasteiger partial charge in [0.05, 0.1) is 13.0 Å². The average molecular weight is 353 g/mol. The molecule has 0 aromatic heterocycles. The summed E-state index contributed by atoms with van der Waals surface area (Å²) in [7, 11) is 3.39. The number of hydrogen-bond donors (Lipinski definition) is 2. The van der Waals surface area contributed by atoms with Gasteiger partial charge >= 0.3 is 0 Å². The quantitative estimate of drug-likeness (QED) is 0.789. The molecule has 2 N–H and O–H groups in total. The second-order valence-corrected chi connectivity index (χ2v) is 6.11. The molecule has 0 fully saturated rings. The topological polar surface area (TPSA) is 78.5 Å². The van der Waals surface area contributed by atoms with Gasteiger partial charge in [0.15, 0.2) is 0 Å². The molecule has 3 amide bonds. The number of amides is 3. The third-order valence-corrected chi connectivity index (χ3v) is 3.75. The monoisotopic (exact) mass is 353 g/mol. The van der Waals surface area contributed by atoms with Crippen molar-refractivity contribution in [2.75, 3.05) is 20.6 Å². The van der Waals surface area contributed by atoms with Crippen LogP contribution in [-0.4, -0.2) is 43.3 Å². The Morgan fingerprint density at radius 1 is 0.808 bits per heavy atom. The minimum absolute atomic E-state index is 0.0666. The zero-order valence-corrected chi connectivity index (χ0v) is 15.0. The third kappa shape index (κ3) is 6.05. The molecule has 26 heavy (non-hydrogen) atoms. The predicted molar refractivity (Wildman–Crippen MR) is 99.5 cm³/mol. The van der Waals surface area contributed by atoms with Crippen LogP contribution in [0.1, 0.15) is 21.5 Å². The fourth-order valence-electron chi connectivity index (χ4n) is 2.31. The molecule has 0 radical (unpaired) electrons. The van der Waals surface area contributed by atoms with E-state index in [-0.39, 0.29) is 30.7 Å². The molecule has 6 heteroatoms. The summed E-state index contributed by atoms with van der Waals surface area (Å²) in [6.45, 7) is 0.271. The zero-order chi connectivity index (χ0) is 18.9. The lowest BCUT2D eigenvalue weighted by Crippen LogP contribution is -2.37. The second-order valence-electron chi connectivity index (χ2n) is 6.11. The van der Waals surface area contributed by atoms with Gasteiger partial charge in [-0.2, -0.15) is 0 Å². The summed E-state index contributed by atoms with van der Waals surface area (Å²) >= 11 is 0. The van der Waals surface area contributed by atoms with Crippen molar-refractivity contribution >= 4 is 17.7 Å². The Hall–Kier alpha value is -3.15. The van der Waals surface area contributed by atoms with Gasteiger partial charge in [-0.15, -0.1) is 0 Å². The van der Waals surface area contributed by atoms with E-state index in [2.05, 4.69) is 10.6 Å². The van der Waals surface area contributed by atoms with Crippen LogP contribution in [-0.2, 0) is 22.6 Å². The van der Waals surface area contributed by atoms with Gasteiger partial charge in [0, 0.05) is 26.2 Å². The maximum absolute atomic E-state index is 11.9. The molecule has 0 spiro atoms. The molecule has 6 nitrogen and oxygen atoms in total. The normalized spacial score (nSPS) is 10.1. The molecule has 136 valence electrons. The number of benzene rings is 2. The highest BCUT2D eigenvalue weighted by atomic mass is 16.2. The van der Waals surface area contributed by atoms with Gasteiger partial charge in [-0.05, 0) is 23.3 Å². The summed E-state index contributed by atoms with van der Waals surface area (Å²) in [5.74, 6) is -0.528. The Bertz CT molecular complexity index is 756. The molecular weight excluding hydrogens is 330 g/mol. The smallest absolute Gasteiger partial charge is 0.253 e. The number of nitrogens with one attached hydrogen (secondary N) is 2. The van der Waals surface area contributed by atoms with Crippen LogP contribution in [0.3, 0.4) is 0 Å². The molecule has 0 aliphatic rings. The van der Waals surface area contributed by atoms with E-state index >= 15 is 0 Å². The number of hydrogen-bond acceptors (Lipinski definition) is 3. The summed E-state index contributed by atoms with van der Waals surface area (Å²) in [6, 6.07) is 16.4. The maximum atomic E-state index is 11.9. The third-order valence-electron chi connectivity index (χ3n) is 3.75. The van der Waals surface area contributed by atoms with E-state index in [4.69, 9.17) is 0 Å². The Labute approximate surface area is 153 Å². The SMILES string of the molecule is CN(C)C(=O)c1ccc(CNC(=O)CNC(=O)Cc2ccccc2)cc1. The van der Waals surface area contributed by atoms with E-state index in [1.807, 2.05) is 30.3 Å². The number of nitrogens with zero attached hydrogens (tertiary/aromatic N) is 1. The minimum atomic E-state index is -0.264. The van der Waals surface area contributed by atoms with Crippen LogP contribution in [0.25, 0.3) is 0 Å². The van der Waals surface area contributed by atoms with Crippen LogP contribution in [0.2, 0.25) is 0 Å². The lowest BCUT2D eigenvalue weighted by atomic mass is 10.1. The Morgan fingerprint density at radius 2 is 1.46 bits per heavy atom. The lowest BCUT2D eigenvalue weighted by molar-refractivity contribution is -0.125. The highest BCUT2D eigenvalue weighted by molar-refractivity contribution is 5.93. The van der Waals surface area contributed by atoms with Gasteiger partial charge < -0.3 is 15.5 Å². The van der Waals surface area contributed by atoms with Crippen LogP contribution >= 0.6 is 0 Å². The van der Waals surface area contributed by atoms with Crippen LogP contribution < -0.4 is 10.6 Å². The zero-order valence-electron chi connectivity index (χ0n) is 15.0. The predicted octanol–water partition coefficient (Wildman–Crippen LogP) is 1.36. The van der Waals surface area contributed by atoms with Crippen LogP contribution in [0, 0.1) is 0 Å². The molecule has 0 saturated heterocycles. The summed E-state index contributed by atoms with van der Waals surface area (Å²) in [5.41, 5.74) is 2.38. The van der Waals surface area contributed by atoms with Crippen LogP contribution in [0.4, 0.5) is 0 Å². The molecule has 2 aromatic rings. The molecule has 0 heterocycles. The second kappa shape index (κ2) is 9.36. The first-order valence-corrected chi connectivity index (χ1v) is 8.33. The fourth-order valence-corrected chi connectivity index (χ4v) is 2.31.